The summed E-state index contributed by atoms with van der Waals surface area (Å²) < 4.78 is 11.3. The first kappa shape index (κ1) is 21.1. The van der Waals surface area contributed by atoms with Crippen LogP contribution in [0.3, 0.4) is 0 Å². The number of carbonyl (C=O) groups excluding carboxylic acids is 1. The van der Waals surface area contributed by atoms with Gasteiger partial charge in [0.1, 0.15) is 6.61 Å². The smallest absolute Gasteiger partial charge is 0.240 e. The molecule has 0 bridgehead atoms. The normalized spacial score (nSPS) is 10.9. The van der Waals surface area contributed by atoms with Gasteiger partial charge >= 0.3 is 0 Å². The number of ether oxygens (including phenoxy) is 2. The minimum Gasteiger partial charge on any atom is -0.493 e. The van der Waals surface area contributed by atoms with Crippen molar-refractivity contribution >= 4 is 12.1 Å². The van der Waals surface area contributed by atoms with E-state index in [0.717, 1.165) is 28.1 Å². The molecule has 2 N–H and O–H groups in total. The molecule has 0 saturated carbocycles. The maximum absolute atomic E-state index is 12.1. The molecule has 7 heteroatoms. The Bertz CT molecular complexity index is 993. The van der Waals surface area contributed by atoms with Gasteiger partial charge in [-0.3, -0.25) is 9.89 Å². The highest BCUT2D eigenvalue weighted by Gasteiger charge is 2.09. The molecule has 30 heavy (non-hydrogen) atoms. The van der Waals surface area contributed by atoms with Crippen molar-refractivity contribution in [3.05, 3.63) is 76.6 Å². The first-order valence-corrected chi connectivity index (χ1v) is 9.74. The summed E-state index contributed by atoms with van der Waals surface area (Å²) >= 11 is 0. The first-order valence-electron chi connectivity index (χ1n) is 9.74. The highest BCUT2D eigenvalue weighted by Crippen LogP contribution is 2.28. The zero-order chi connectivity index (χ0) is 21.3. The Morgan fingerprint density at radius 2 is 1.97 bits per heavy atom. The molecule has 3 aromatic rings. The second-order valence-electron chi connectivity index (χ2n) is 6.89. The lowest BCUT2D eigenvalue weighted by Gasteiger charge is -2.11. The predicted molar refractivity (Wildman–Crippen MR) is 116 cm³/mol. The molecule has 3 rings (SSSR count). The molecule has 0 radical (unpaired) electrons. The lowest BCUT2D eigenvalue weighted by Crippen LogP contribution is -2.18. The van der Waals surface area contributed by atoms with E-state index in [1.807, 2.05) is 62.4 Å². The van der Waals surface area contributed by atoms with Gasteiger partial charge in [0.2, 0.25) is 5.91 Å². The van der Waals surface area contributed by atoms with E-state index >= 15 is 0 Å². The van der Waals surface area contributed by atoms with Crippen LogP contribution in [0.1, 0.15) is 34.5 Å². The standard InChI is InChI=1S/C23H26N4O3/c1-16-20(17(2)26-25-16)10-12-23(28)27-24-14-19-9-11-21(29-3)22(13-19)30-15-18-7-5-4-6-8-18/h4-9,11,13-14H,10,12,15H2,1-3H3,(H,25,26)(H,27,28)/b24-14-. The zero-order valence-electron chi connectivity index (χ0n) is 17.4. The van der Waals surface area contributed by atoms with Crippen LogP contribution in [0.4, 0.5) is 0 Å². The van der Waals surface area contributed by atoms with Gasteiger partial charge in [-0.25, -0.2) is 5.43 Å². The Labute approximate surface area is 176 Å². The van der Waals surface area contributed by atoms with E-state index in [1.165, 1.54) is 0 Å². The fourth-order valence-corrected chi connectivity index (χ4v) is 3.04. The monoisotopic (exact) mass is 406 g/mol. The average molecular weight is 406 g/mol. The molecule has 0 atom stereocenters. The van der Waals surface area contributed by atoms with Crippen LogP contribution in [0.15, 0.2) is 53.6 Å². The van der Waals surface area contributed by atoms with Crippen molar-refractivity contribution < 1.29 is 14.3 Å². The third-order valence-electron chi connectivity index (χ3n) is 4.71. The summed E-state index contributed by atoms with van der Waals surface area (Å²) in [6.45, 7) is 4.31. The van der Waals surface area contributed by atoms with E-state index < -0.39 is 0 Å². The van der Waals surface area contributed by atoms with Gasteiger partial charge in [-0.2, -0.15) is 10.2 Å². The number of H-pyrrole nitrogens is 1. The topological polar surface area (TPSA) is 88.6 Å². The number of rotatable bonds is 9. The number of nitrogens with zero attached hydrogens (tertiary/aromatic N) is 2. The van der Waals surface area contributed by atoms with Crippen LogP contribution in [-0.4, -0.2) is 29.4 Å². The van der Waals surface area contributed by atoms with Gasteiger partial charge in [-0.05, 0) is 55.2 Å². The van der Waals surface area contributed by atoms with Crippen LogP contribution >= 0.6 is 0 Å². The van der Waals surface area contributed by atoms with Gasteiger partial charge in [0.05, 0.1) is 19.0 Å². The predicted octanol–water partition coefficient (Wildman–Crippen LogP) is 3.70. The fourth-order valence-electron chi connectivity index (χ4n) is 3.04. The number of amides is 1. The summed E-state index contributed by atoms with van der Waals surface area (Å²) in [6, 6.07) is 15.4. The molecule has 1 aromatic heterocycles. The number of benzene rings is 2. The van der Waals surface area contributed by atoms with Crippen molar-refractivity contribution in [1.82, 2.24) is 15.6 Å². The summed E-state index contributed by atoms with van der Waals surface area (Å²) in [4.78, 5) is 12.1. The van der Waals surface area contributed by atoms with Crippen molar-refractivity contribution in [3.8, 4) is 11.5 Å². The number of aromatic nitrogens is 2. The maximum Gasteiger partial charge on any atom is 0.240 e. The minimum absolute atomic E-state index is 0.152. The van der Waals surface area contributed by atoms with Crippen LogP contribution in [-0.2, 0) is 17.8 Å². The van der Waals surface area contributed by atoms with Gasteiger partial charge < -0.3 is 9.47 Å². The third kappa shape index (κ3) is 5.70. The molecule has 2 aromatic carbocycles. The van der Waals surface area contributed by atoms with Crippen LogP contribution < -0.4 is 14.9 Å². The molecule has 0 aliphatic carbocycles. The lowest BCUT2D eigenvalue weighted by molar-refractivity contribution is -0.121. The summed E-state index contributed by atoms with van der Waals surface area (Å²) in [5.41, 5.74) is 7.41. The zero-order valence-corrected chi connectivity index (χ0v) is 17.4. The quantitative estimate of drug-likeness (QED) is 0.419. The number of nitrogens with one attached hydrogen (secondary N) is 2. The number of hydrogen-bond donors (Lipinski definition) is 2. The third-order valence-corrected chi connectivity index (χ3v) is 4.71. The Morgan fingerprint density at radius 3 is 2.67 bits per heavy atom. The van der Waals surface area contributed by atoms with Crippen LogP contribution in [0, 0.1) is 13.8 Å². The van der Waals surface area contributed by atoms with Crippen LogP contribution in [0.25, 0.3) is 0 Å². The molecule has 7 nitrogen and oxygen atoms in total. The molecular weight excluding hydrogens is 380 g/mol. The maximum atomic E-state index is 12.1. The Hall–Kier alpha value is -3.61. The van der Waals surface area contributed by atoms with Gasteiger partial charge in [-0.15, -0.1) is 0 Å². The molecular formula is C23H26N4O3. The van der Waals surface area contributed by atoms with E-state index in [1.54, 1.807) is 13.3 Å². The molecule has 156 valence electrons. The second kappa shape index (κ2) is 10.2. The van der Waals surface area contributed by atoms with Gasteiger partial charge in [0.15, 0.2) is 11.5 Å². The summed E-state index contributed by atoms with van der Waals surface area (Å²) in [6.07, 6.45) is 2.54. The Balaban J connectivity index is 1.56. The number of carbonyl (C=O) groups is 1. The van der Waals surface area contributed by atoms with Crippen molar-refractivity contribution in [2.75, 3.05) is 7.11 Å². The largest absolute Gasteiger partial charge is 0.493 e. The molecule has 1 amide bonds. The van der Waals surface area contributed by atoms with Crippen LogP contribution in [0.5, 0.6) is 11.5 Å². The molecule has 0 fully saturated rings. The highest BCUT2D eigenvalue weighted by atomic mass is 16.5. The Morgan fingerprint density at radius 1 is 1.17 bits per heavy atom. The van der Waals surface area contributed by atoms with E-state index in [0.29, 0.717) is 30.9 Å². The minimum atomic E-state index is -0.152. The first-order chi connectivity index (χ1) is 14.6. The number of aryl methyl sites for hydroxylation is 2. The molecule has 0 saturated heterocycles. The number of hydrogen-bond acceptors (Lipinski definition) is 5. The number of aromatic amines is 1. The van der Waals surface area contributed by atoms with E-state index in [2.05, 4.69) is 20.7 Å². The summed E-state index contributed by atoms with van der Waals surface area (Å²) in [7, 11) is 1.60. The van der Waals surface area contributed by atoms with E-state index in [-0.39, 0.29) is 5.91 Å². The average Bonchev–Trinajstić information content (AvgIpc) is 3.09. The van der Waals surface area contributed by atoms with Crippen molar-refractivity contribution in [3.63, 3.8) is 0 Å². The second-order valence-corrected chi connectivity index (χ2v) is 6.89. The molecule has 0 spiro atoms. The van der Waals surface area contributed by atoms with Gasteiger partial charge in [0.25, 0.3) is 0 Å². The number of hydrazone groups is 1. The van der Waals surface area contributed by atoms with Crippen molar-refractivity contribution in [1.29, 1.82) is 0 Å². The van der Waals surface area contributed by atoms with Gasteiger partial charge in [-0.1, -0.05) is 30.3 Å². The van der Waals surface area contributed by atoms with Crippen molar-refractivity contribution in [2.45, 2.75) is 33.3 Å². The van der Waals surface area contributed by atoms with Crippen molar-refractivity contribution in [2.24, 2.45) is 5.10 Å². The number of methoxy groups -OCH3 is 1. The highest BCUT2D eigenvalue weighted by molar-refractivity contribution is 5.83. The fraction of sp³-hybridized carbons (Fsp3) is 0.261. The lowest BCUT2D eigenvalue weighted by atomic mass is 10.1. The summed E-state index contributed by atoms with van der Waals surface area (Å²) in [5, 5.41) is 11.1. The molecule has 0 aliphatic heterocycles. The molecule has 0 unspecified atom stereocenters. The SMILES string of the molecule is COc1ccc(/C=N\NC(=O)CCc2c(C)n[nH]c2C)cc1OCc1ccccc1. The van der Waals surface area contributed by atoms with E-state index in [9.17, 15) is 4.79 Å². The van der Waals surface area contributed by atoms with E-state index in [4.69, 9.17) is 9.47 Å². The van der Waals surface area contributed by atoms with Crippen LogP contribution in [0.2, 0.25) is 0 Å². The molecule has 1 heterocycles. The summed E-state index contributed by atoms with van der Waals surface area (Å²) in [5.74, 6) is 1.10. The Kier molecular flexibility index (Phi) is 7.21. The molecule has 0 aliphatic rings. The van der Waals surface area contributed by atoms with Gasteiger partial charge in [0, 0.05) is 12.1 Å².